The fraction of sp³-hybridized carbons (Fsp3) is 0.120. The Morgan fingerprint density at radius 3 is 2.00 bits per heavy atom. The summed E-state index contributed by atoms with van der Waals surface area (Å²) in [6, 6.07) is 30.6. The lowest BCUT2D eigenvalue weighted by atomic mass is 9.88. The number of para-hydroxylation sites is 2. The number of benzene rings is 3. The fourth-order valence-corrected chi connectivity index (χ4v) is 5.47. The Kier molecular flexibility index (Phi) is 4.06. The van der Waals surface area contributed by atoms with Crippen molar-refractivity contribution >= 4 is 38.9 Å². The van der Waals surface area contributed by atoms with Crippen molar-refractivity contribution in [3.63, 3.8) is 0 Å². The molecule has 1 aliphatic rings. The maximum atomic E-state index is 2.50. The van der Waals surface area contributed by atoms with Gasteiger partial charge in [-0.05, 0) is 35.9 Å². The molecule has 0 spiro atoms. The average molecular weight is 368 g/mol. The van der Waals surface area contributed by atoms with Gasteiger partial charge in [-0.2, -0.15) is 0 Å². The number of thiophene rings is 1. The van der Waals surface area contributed by atoms with Crippen molar-refractivity contribution in [2.24, 2.45) is 5.92 Å². The highest BCUT2D eigenvalue weighted by Gasteiger charge is 2.32. The Morgan fingerprint density at radius 2 is 1.33 bits per heavy atom. The number of hydrogen-bond acceptors (Lipinski definition) is 2. The van der Waals surface area contributed by atoms with Gasteiger partial charge in [0.05, 0.1) is 6.04 Å². The zero-order valence-corrected chi connectivity index (χ0v) is 16.1. The molecule has 0 aliphatic heterocycles. The topological polar surface area (TPSA) is 3.24 Å². The molecule has 2 heteroatoms. The number of fused-ring (bicyclic) bond motifs is 3. The predicted octanol–water partition coefficient (Wildman–Crippen LogP) is 7.44. The van der Waals surface area contributed by atoms with Crippen LogP contribution in [0.15, 0.2) is 91.0 Å². The van der Waals surface area contributed by atoms with Gasteiger partial charge in [-0.1, -0.05) is 73.7 Å². The van der Waals surface area contributed by atoms with Gasteiger partial charge in [0.25, 0.3) is 0 Å². The van der Waals surface area contributed by atoms with Crippen LogP contribution in [0.5, 0.6) is 0 Å². The molecule has 3 aromatic carbocycles. The van der Waals surface area contributed by atoms with Crippen LogP contribution in [0.2, 0.25) is 0 Å². The van der Waals surface area contributed by atoms with Gasteiger partial charge in [0.2, 0.25) is 0 Å². The van der Waals surface area contributed by atoms with Crippen LogP contribution in [-0.4, -0.2) is 0 Å². The minimum Gasteiger partial charge on any atom is -0.333 e. The molecule has 0 saturated heterocycles. The Labute approximate surface area is 164 Å². The highest BCUT2D eigenvalue weighted by atomic mass is 32.1. The van der Waals surface area contributed by atoms with Gasteiger partial charge in [0.1, 0.15) is 0 Å². The number of rotatable bonds is 3. The van der Waals surface area contributed by atoms with Crippen LogP contribution < -0.4 is 4.90 Å². The monoisotopic (exact) mass is 367 g/mol. The third kappa shape index (κ3) is 2.77. The van der Waals surface area contributed by atoms with E-state index >= 15 is 0 Å². The standard InChI is InChI=1S/C25H21NS/c1-18-16-17-22-21-14-8-9-15-23(21)27-25(22)24(18)26(19-10-4-2-5-11-19)20-12-6-3-7-13-20/h2-18,24H,1H3/t18?,24-/m0/s1. The van der Waals surface area contributed by atoms with Crippen LogP contribution in [0, 0.1) is 5.92 Å². The van der Waals surface area contributed by atoms with E-state index in [4.69, 9.17) is 0 Å². The van der Waals surface area contributed by atoms with Crippen LogP contribution >= 0.6 is 11.3 Å². The summed E-state index contributed by atoms with van der Waals surface area (Å²) in [4.78, 5) is 3.96. The minimum absolute atomic E-state index is 0.284. The maximum Gasteiger partial charge on any atom is 0.0750 e. The number of anilines is 2. The van der Waals surface area contributed by atoms with E-state index in [1.165, 1.54) is 31.9 Å². The molecule has 2 atom stereocenters. The molecule has 132 valence electrons. The summed E-state index contributed by atoms with van der Waals surface area (Å²) in [5.41, 5.74) is 3.86. The smallest absolute Gasteiger partial charge is 0.0750 e. The van der Waals surface area contributed by atoms with Crippen molar-refractivity contribution in [3.05, 3.63) is 101 Å². The first kappa shape index (κ1) is 16.3. The molecular formula is C25H21NS. The summed E-state index contributed by atoms with van der Waals surface area (Å²) in [5.74, 6) is 0.422. The summed E-state index contributed by atoms with van der Waals surface area (Å²) < 4.78 is 1.37. The lowest BCUT2D eigenvalue weighted by Gasteiger charge is -2.38. The van der Waals surface area contributed by atoms with Gasteiger partial charge in [-0.25, -0.2) is 0 Å². The normalized spacial score (nSPS) is 18.4. The van der Waals surface area contributed by atoms with Crippen LogP contribution in [0.25, 0.3) is 16.2 Å². The van der Waals surface area contributed by atoms with E-state index in [0.717, 1.165) is 0 Å². The first-order valence-corrected chi connectivity index (χ1v) is 10.2. The first-order chi connectivity index (χ1) is 13.3. The lowest BCUT2D eigenvalue weighted by Crippen LogP contribution is -2.29. The van der Waals surface area contributed by atoms with E-state index in [0.29, 0.717) is 5.92 Å². The summed E-state index contributed by atoms with van der Waals surface area (Å²) in [6.07, 6.45) is 4.69. The molecule has 0 bridgehead atoms. The maximum absolute atomic E-state index is 2.50. The third-order valence-corrected chi connectivity index (χ3v) is 6.60. The Bertz CT molecular complexity index is 1060. The van der Waals surface area contributed by atoms with Crippen molar-refractivity contribution in [2.75, 3.05) is 4.90 Å². The number of nitrogens with zero attached hydrogens (tertiary/aromatic N) is 1. The van der Waals surface area contributed by atoms with Gasteiger partial charge in [0, 0.05) is 32.3 Å². The Balaban J connectivity index is 1.74. The van der Waals surface area contributed by atoms with Crippen LogP contribution in [0.3, 0.4) is 0 Å². The molecule has 0 fully saturated rings. The summed E-state index contributed by atoms with van der Waals surface area (Å²) in [7, 11) is 0. The highest BCUT2D eigenvalue weighted by Crippen LogP contribution is 2.48. The van der Waals surface area contributed by atoms with E-state index in [1.807, 2.05) is 11.3 Å². The van der Waals surface area contributed by atoms with Crippen molar-refractivity contribution < 1.29 is 0 Å². The zero-order valence-electron chi connectivity index (χ0n) is 15.2. The molecule has 1 aliphatic carbocycles. The molecule has 0 radical (unpaired) electrons. The van der Waals surface area contributed by atoms with E-state index in [-0.39, 0.29) is 6.04 Å². The van der Waals surface area contributed by atoms with E-state index < -0.39 is 0 Å². The Hall–Kier alpha value is -2.84. The molecule has 1 unspecified atom stereocenters. The molecule has 5 rings (SSSR count). The SMILES string of the molecule is CC1C=Cc2c(sc3ccccc23)[C@H]1N(c1ccccc1)c1ccccc1. The van der Waals surface area contributed by atoms with Crippen molar-refractivity contribution in [3.8, 4) is 0 Å². The number of hydrogen-bond donors (Lipinski definition) is 0. The summed E-state index contributed by atoms with van der Waals surface area (Å²) >= 11 is 1.94. The molecule has 0 N–H and O–H groups in total. The van der Waals surface area contributed by atoms with Crippen LogP contribution in [0.1, 0.15) is 23.4 Å². The van der Waals surface area contributed by atoms with Crippen LogP contribution in [0.4, 0.5) is 11.4 Å². The first-order valence-electron chi connectivity index (χ1n) is 9.42. The van der Waals surface area contributed by atoms with Crippen molar-refractivity contribution in [2.45, 2.75) is 13.0 Å². The minimum atomic E-state index is 0.284. The quantitative estimate of drug-likeness (QED) is 0.363. The molecule has 1 heterocycles. The molecule has 4 aromatic rings. The lowest BCUT2D eigenvalue weighted by molar-refractivity contribution is 0.557. The van der Waals surface area contributed by atoms with Crippen molar-refractivity contribution in [1.29, 1.82) is 0 Å². The van der Waals surface area contributed by atoms with E-state index in [2.05, 4.69) is 109 Å². The van der Waals surface area contributed by atoms with Gasteiger partial charge >= 0.3 is 0 Å². The second-order valence-electron chi connectivity index (χ2n) is 7.08. The molecule has 0 saturated carbocycles. The molecule has 0 amide bonds. The largest absolute Gasteiger partial charge is 0.333 e. The second kappa shape index (κ2) is 6.71. The molecular weight excluding hydrogens is 346 g/mol. The van der Waals surface area contributed by atoms with E-state index in [1.54, 1.807) is 0 Å². The molecule has 1 nitrogen and oxygen atoms in total. The molecule has 1 aromatic heterocycles. The zero-order chi connectivity index (χ0) is 18.2. The van der Waals surface area contributed by atoms with Crippen molar-refractivity contribution in [1.82, 2.24) is 0 Å². The molecule has 27 heavy (non-hydrogen) atoms. The summed E-state index contributed by atoms with van der Waals surface area (Å²) in [6.45, 7) is 2.33. The fourth-order valence-electron chi connectivity index (χ4n) is 4.07. The predicted molar refractivity (Wildman–Crippen MR) is 118 cm³/mol. The summed E-state index contributed by atoms with van der Waals surface area (Å²) in [5, 5.41) is 1.37. The van der Waals surface area contributed by atoms with Crippen LogP contribution in [-0.2, 0) is 0 Å². The van der Waals surface area contributed by atoms with Gasteiger partial charge in [-0.3, -0.25) is 0 Å². The van der Waals surface area contributed by atoms with Gasteiger partial charge in [0.15, 0.2) is 0 Å². The van der Waals surface area contributed by atoms with Gasteiger partial charge in [-0.15, -0.1) is 11.3 Å². The second-order valence-corrected chi connectivity index (χ2v) is 8.16. The highest BCUT2D eigenvalue weighted by molar-refractivity contribution is 7.19. The Morgan fingerprint density at radius 1 is 0.741 bits per heavy atom. The average Bonchev–Trinajstić information content (AvgIpc) is 3.10. The van der Waals surface area contributed by atoms with Gasteiger partial charge < -0.3 is 4.90 Å². The third-order valence-electron chi connectivity index (χ3n) is 5.34. The van der Waals surface area contributed by atoms with E-state index in [9.17, 15) is 0 Å².